The van der Waals surface area contributed by atoms with Gasteiger partial charge in [0.25, 0.3) is 0 Å². The molecule has 0 amide bonds. The number of aromatic nitrogens is 1. The lowest BCUT2D eigenvalue weighted by molar-refractivity contribution is 0.247. The van der Waals surface area contributed by atoms with Gasteiger partial charge >= 0.3 is 0 Å². The molecule has 1 aliphatic rings. The van der Waals surface area contributed by atoms with Gasteiger partial charge in [-0.3, -0.25) is 4.98 Å². The van der Waals surface area contributed by atoms with Crippen LogP contribution in [0.25, 0.3) is 0 Å². The Kier molecular flexibility index (Phi) is 3.12. The molecule has 15 heavy (non-hydrogen) atoms. The average Bonchev–Trinajstić information content (AvgIpc) is 2.15. The van der Waals surface area contributed by atoms with Crippen LogP contribution in [0.4, 0.5) is 5.69 Å². The van der Waals surface area contributed by atoms with Gasteiger partial charge in [0.2, 0.25) is 0 Å². The lowest BCUT2D eigenvalue weighted by Gasteiger charge is -2.44. The van der Waals surface area contributed by atoms with E-state index in [1.54, 1.807) is 0 Å². The Morgan fingerprint density at radius 2 is 2.27 bits per heavy atom. The molecule has 4 heteroatoms. The molecule has 0 radical (unpaired) electrons. The van der Waals surface area contributed by atoms with E-state index in [2.05, 4.69) is 28.9 Å². The summed E-state index contributed by atoms with van der Waals surface area (Å²) in [6.07, 6.45) is 3.68. The number of pyridine rings is 1. The first-order chi connectivity index (χ1) is 7.22. The van der Waals surface area contributed by atoms with Crippen molar-refractivity contribution in [3.8, 4) is 0 Å². The van der Waals surface area contributed by atoms with E-state index in [1.165, 1.54) is 5.69 Å². The lowest BCUT2D eigenvalue weighted by Crippen LogP contribution is -2.57. The zero-order valence-electron chi connectivity index (χ0n) is 9.15. The third kappa shape index (κ3) is 2.08. The lowest BCUT2D eigenvalue weighted by atomic mass is 10.1. The molecule has 0 aromatic carbocycles. The molecule has 2 heterocycles. The van der Waals surface area contributed by atoms with Crippen molar-refractivity contribution in [1.29, 1.82) is 0 Å². The highest BCUT2D eigenvalue weighted by molar-refractivity contribution is 6.17. The Morgan fingerprint density at radius 3 is 2.87 bits per heavy atom. The molecule has 1 aromatic heterocycles. The van der Waals surface area contributed by atoms with Crippen LogP contribution in [-0.4, -0.2) is 43.1 Å². The first-order valence-corrected chi connectivity index (χ1v) is 5.66. The highest BCUT2D eigenvalue weighted by Crippen LogP contribution is 2.26. The Hall–Kier alpha value is -0.800. The van der Waals surface area contributed by atoms with E-state index in [0.29, 0.717) is 11.9 Å². The molecule has 82 valence electrons. The van der Waals surface area contributed by atoms with Crippen molar-refractivity contribution in [3.05, 3.63) is 24.0 Å². The zero-order chi connectivity index (χ0) is 10.8. The molecule has 0 aliphatic carbocycles. The molecule has 1 saturated heterocycles. The number of likely N-dealkylation sites (N-methyl/N-ethyl adjacent to an activating group) is 1. The number of rotatable bonds is 3. The summed E-state index contributed by atoms with van der Waals surface area (Å²) in [7, 11) is 4.24. The van der Waals surface area contributed by atoms with E-state index in [4.69, 9.17) is 11.6 Å². The zero-order valence-corrected chi connectivity index (χ0v) is 9.91. The molecule has 1 aromatic rings. The Balaban J connectivity index is 2.06. The molecule has 1 aliphatic heterocycles. The van der Waals surface area contributed by atoms with E-state index in [0.717, 1.165) is 18.7 Å². The number of anilines is 1. The molecular formula is C11H16ClN3. The van der Waals surface area contributed by atoms with Crippen LogP contribution < -0.4 is 4.90 Å². The molecule has 1 fully saturated rings. The fourth-order valence-electron chi connectivity index (χ4n) is 1.81. The summed E-state index contributed by atoms with van der Waals surface area (Å²) < 4.78 is 0. The van der Waals surface area contributed by atoms with Crippen molar-refractivity contribution in [1.82, 2.24) is 9.88 Å². The molecular weight excluding hydrogens is 210 g/mol. The quantitative estimate of drug-likeness (QED) is 0.729. The molecule has 0 bridgehead atoms. The highest BCUT2D eigenvalue weighted by Gasteiger charge is 2.29. The van der Waals surface area contributed by atoms with Gasteiger partial charge < -0.3 is 9.80 Å². The molecule has 3 nitrogen and oxygen atoms in total. The van der Waals surface area contributed by atoms with Crippen LogP contribution in [0.2, 0.25) is 0 Å². The second kappa shape index (κ2) is 4.37. The molecule has 0 spiro atoms. The standard InChI is InChI=1S/C11H16ClN3/c1-14(2)10-7-15(8-10)11-3-4-13-6-9(11)5-12/h3-4,6,10H,5,7-8H2,1-2H3. The predicted octanol–water partition coefficient (Wildman–Crippen LogP) is 1.57. The second-order valence-corrected chi connectivity index (χ2v) is 4.43. The van der Waals surface area contributed by atoms with E-state index in [9.17, 15) is 0 Å². The van der Waals surface area contributed by atoms with E-state index < -0.39 is 0 Å². The second-order valence-electron chi connectivity index (χ2n) is 4.16. The third-order valence-electron chi connectivity index (χ3n) is 2.96. The fraction of sp³-hybridized carbons (Fsp3) is 0.545. The summed E-state index contributed by atoms with van der Waals surface area (Å²) in [5.41, 5.74) is 2.36. The third-order valence-corrected chi connectivity index (χ3v) is 3.24. The van der Waals surface area contributed by atoms with Gasteiger partial charge in [0.15, 0.2) is 0 Å². The van der Waals surface area contributed by atoms with Crippen molar-refractivity contribution in [3.63, 3.8) is 0 Å². The Morgan fingerprint density at radius 1 is 1.53 bits per heavy atom. The molecule has 0 N–H and O–H groups in total. The Bertz CT molecular complexity index is 334. The largest absolute Gasteiger partial charge is 0.368 e. The van der Waals surface area contributed by atoms with Crippen LogP contribution in [0.1, 0.15) is 5.56 Å². The van der Waals surface area contributed by atoms with Gasteiger partial charge in [0.05, 0.1) is 5.88 Å². The maximum absolute atomic E-state index is 5.88. The van der Waals surface area contributed by atoms with Crippen molar-refractivity contribution in [2.75, 3.05) is 32.1 Å². The average molecular weight is 226 g/mol. The maximum Gasteiger partial charge on any atom is 0.0509 e. The van der Waals surface area contributed by atoms with Crippen molar-refractivity contribution >= 4 is 17.3 Å². The summed E-state index contributed by atoms with van der Waals surface area (Å²) in [5, 5.41) is 0. The highest BCUT2D eigenvalue weighted by atomic mass is 35.5. The maximum atomic E-state index is 5.88. The number of hydrogen-bond donors (Lipinski definition) is 0. The van der Waals surface area contributed by atoms with E-state index in [-0.39, 0.29) is 0 Å². The van der Waals surface area contributed by atoms with Crippen molar-refractivity contribution in [2.45, 2.75) is 11.9 Å². The normalized spacial score (nSPS) is 16.9. The van der Waals surface area contributed by atoms with Crippen molar-refractivity contribution < 1.29 is 0 Å². The number of nitrogens with zero attached hydrogens (tertiary/aromatic N) is 3. The smallest absolute Gasteiger partial charge is 0.0509 e. The topological polar surface area (TPSA) is 19.4 Å². The summed E-state index contributed by atoms with van der Waals surface area (Å²) in [6, 6.07) is 2.71. The summed E-state index contributed by atoms with van der Waals surface area (Å²) in [4.78, 5) is 8.70. The van der Waals surface area contributed by atoms with Crippen LogP contribution in [0, 0.1) is 0 Å². The van der Waals surface area contributed by atoms with Crippen LogP contribution in [0.5, 0.6) is 0 Å². The van der Waals surface area contributed by atoms with E-state index >= 15 is 0 Å². The SMILES string of the molecule is CN(C)C1CN(c2ccncc2CCl)C1. The monoisotopic (exact) mass is 225 g/mol. The first-order valence-electron chi connectivity index (χ1n) is 5.12. The van der Waals surface area contributed by atoms with Gasteiger partial charge in [-0.15, -0.1) is 11.6 Å². The van der Waals surface area contributed by atoms with Gasteiger partial charge in [-0.05, 0) is 20.2 Å². The summed E-state index contributed by atoms with van der Waals surface area (Å²) in [6.45, 7) is 2.17. The van der Waals surface area contributed by atoms with Gasteiger partial charge in [-0.2, -0.15) is 0 Å². The van der Waals surface area contributed by atoms with Gasteiger partial charge in [0.1, 0.15) is 0 Å². The molecule has 0 unspecified atom stereocenters. The van der Waals surface area contributed by atoms with Crippen LogP contribution >= 0.6 is 11.6 Å². The molecule has 0 atom stereocenters. The van der Waals surface area contributed by atoms with Crippen LogP contribution in [-0.2, 0) is 5.88 Å². The number of alkyl halides is 1. The fourth-order valence-corrected chi connectivity index (χ4v) is 2.02. The van der Waals surface area contributed by atoms with Crippen LogP contribution in [0.3, 0.4) is 0 Å². The predicted molar refractivity (Wildman–Crippen MR) is 63.5 cm³/mol. The minimum atomic E-state index is 0.534. The van der Waals surface area contributed by atoms with Gasteiger partial charge in [-0.1, -0.05) is 0 Å². The number of halogens is 1. The molecule has 0 saturated carbocycles. The Labute approximate surface area is 95.7 Å². The first kappa shape index (κ1) is 10.7. The summed E-state index contributed by atoms with van der Waals surface area (Å²) >= 11 is 5.88. The van der Waals surface area contributed by atoms with Crippen LogP contribution in [0.15, 0.2) is 18.5 Å². The minimum absolute atomic E-state index is 0.534. The summed E-state index contributed by atoms with van der Waals surface area (Å²) in [5.74, 6) is 0.534. The number of hydrogen-bond acceptors (Lipinski definition) is 3. The van der Waals surface area contributed by atoms with Gasteiger partial charge in [0, 0.05) is 42.8 Å². The van der Waals surface area contributed by atoms with E-state index in [1.807, 2.05) is 18.5 Å². The van der Waals surface area contributed by atoms with Crippen molar-refractivity contribution in [2.24, 2.45) is 0 Å². The molecule has 2 rings (SSSR count). The van der Waals surface area contributed by atoms with Gasteiger partial charge in [-0.25, -0.2) is 0 Å². The minimum Gasteiger partial charge on any atom is -0.368 e.